The fraction of sp³-hybridized carbons (Fsp3) is 0.469. The van der Waals surface area contributed by atoms with Gasteiger partial charge in [-0.2, -0.15) is 15.2 Å². The molecule has 0 radical (unpaired) electrons. The summed E-state index contributed by atoms with van der Waals surface area (Å²) >= 11 is 7.87. The van der Waals surface area contributed by atoms with Gasteiger partial charge >= 0.3 is 6.01 Å². The largest absolute Gasteiger partial charge is 0.489 e. The van der Waals surface area contributed by atoms with E-state index in [2.05, 4.69) is 9.88 Å². The van der Waals surface area contributed by atoms with Gasteiger partial charge in [0, 0.05) is 30.0 Å². The van der Waals surface area contributed by atoms with E-state index >= 15 is 4.39 Å². The molecule has 0 aliphatic carbocycles. The van der Waals surface area contributed by atoms with E-state index in [0.29, 0.717) is 19.4 Å². The SMILES string of the molecule is C[C@H]1COc2c(Cl)c(-c3ccc(F)c4sc(N)c(C#N)c34)c(F)c3nc(OC[C@@]45CCCN4C[C@H](F)C5)nc(c23)N1C1CCS(=O)(=O)C1. The first-order chi connectivity index (χ1) is 22.9. The molecule has 0 bridgehead atoms. The standard InChI is InChI=1S/C32H30ClF3N6O4S2/c1-15-12-45-27-23-26(25(36)22(24(27)33)18-3-4-20(35)28-21(18)19(10-37)29(38)47-28)39-31(40-30(23)42(15)17-5-8-48(43,44)13-17)46-14-32-6-2-7-41(32)11-16(34)9-32/h3-4,15-17H,2,5-9,11-14,38H2,1H3/t15-,16+,17?,32-/m0/s1. The molecule has 0 amide bonds. The number of nitrogens with two attached hydrogens (primary N) is 1. The lowest BCUT2D eigenvalue weighted by Crippen LogP contribution is -2.45. The average molecular weight is 719 g/mol. The van der Waals surface area contributed by atoms with Crippen molar-refractivity contribution in [3.63, 3.8) is 0 Å². The number of sulfone groups is 1. The minimum absolute atomic E-state index is 0.00540. The molecule has 48 heavy (non-hydrogen) atoms. The van der Waals surface area contributed by atoms with Gasteiger partial charge in [0.25, 0.3) is 0 Å². The fourth-order valence-corrected chi connectivity index (χ4v) is 11.0. The Morgan fingerprint density at radius 2 is 2.10 bits per heavy atom. The van der Waals surface area contributed by atoms with Crippen molar-refractivity contribution >= 4 is 64.6 Å². The Morgan fingerprint density at radius 3 is 2.85 bits per heavy atom. The van der Waals surface area contributed by atoms with E-state index in [-0.39, 0.29) is 90.0 Å². The van der Waals surface area contributed by atoms with Crippen molar-refractivity contribution in [2.75, 3.05) is 48.4 Å². The van der Waals surface area contributed by atoms with Crippen LogP contribution in [0.4, 0.5) is 24.0 Å². The van der Waals surface area contributed by atoms with Gasteiger partial charge in [-0.25, -0.2) is 21.6 Å². The van der Waals surface area contributed by atoms with E-state index in [9.17, 15) is 22.5 Å². The van der Waals surface area contributed by atoms with Crippen LogP contribution in [0.5, 0.6) is 11.8 Å². The number of thiophene rings is 1. The molecular formula is C32H30ClF3N6O4S2. The van der Waals surface area contributed by atoms with Crippen LogP contribution in [-0.4, -0.2) is 84.9 Å². The highest BCUT2D eigenvalue weighted by molar-refractivity contribution is 7.91. The van der Waals surface area contributed by atoms with Crippen molar-refractivity contribution in [2.24, 2.45) is 0 Å². The lowest BCUT2D eigenvalue weighted by molar-refractivity contribution is 0.107. The summed E-state index contributed by atoms with van der Waals surface area (Å²) in [4.78, 5) is 13.2. The zero-order valence-corrected chi connectivity index (χ0v) is 28.1. The zero-order chi connectivity index (χ0) is 33.7. The number of nitrogens with zero attached hydrogens (tertiary/aromatic N) is 5. The number of halogens is 4. The molecule has 252 valence electrons. The van der Waals surface area contributed by atoms with Crippen LogP contribution in [0, 0.1) is 23.0 Å². The second kappa shape index (κ2) is 11.2. The van der Waals surface area contributed by atoms with Gasteiger partial charge < -0.3 is 20.1 Å². The Hall–Kier alpha value is -3.58. The molecule has 3 fully saturated rings. The van der Waals surface area contributed by atoms with E-state index in [1.165, 1.54) is 6.07 Å². The van der Waals surface area contributed by atoms with E-state index < -0.39 is 45.3 Å². The smallest absolute Gasteiger partial charge is 0.319 e. The number of nitrogen functional groups attached to an aromatic ring is 1. The molecule has 0 spiro atoms. The van der Waals surface area contributed by atoms with Crippen LogP contribution < -0.4 is 20.1 Å². The van der Waals surface area contributed by atoms with Crippen LogP contribution in [0.1, 0.15) is 38.2 Å². The number of nitriles is 1. The van der Waals surface area contributed by atoms with Gasteiger partial charge in [-0.1, -0.05) is 17.7 Å². The number of rotatable bonds is 5. The second-order valence-electron chi connectivity index (χ2n) is 13.1. The van der Waals surface area contributed by atoms with Crippen molar-refractivity contribution in [2.45, 2.75) is 56.4 Å². The van der Waals surface area contributed by atoms with Crippen molar-refractivity contribution < 1.29 is 31.1 Å². The minimum atomic E-state index is -3.33. The number of aromatic nitrogens is 2. The number of benzene rings is 2. The number of hydrogen-bond donors (Lipinski definition) is 1. The van der Waals surface area contributed by atoms with Gasteiger partial charge in [0.2, 0.25) is 0 Å². The normalized spacial score (nSPS) is 26.5. The first kappa shape index (κ1) is 31.7. The van der Waals surface area contributed by atoms with Crippen molar-refractivity contribution in [1.29, 1.82) is 5.26 Å². The Labute approximate surface area is 283 Å². The maximum atomic E-state index is 17.2. The topological polar surface area (TPSA) is 135 Å². The van der Waals surface area contributed by atoms with Gasteiger partial charge in [0.15, 0.2) is 21.4 Å². The van der Waals surface area contributed by atoms with Gasteiger partial charge in [0.1, 0.15) is 47.6 Å². The summed E-state index contributed by atoms with van der Waals surface area (Å²) in [6.07, 6.45) is 1.26. The van der Waals surface area contributed by atoms with E-state index in [4.69, 9.17) is 31.8 Å². The third-order valence-corrected chi connectivity index (χ3v) is 13.3. The summed E-state index contributed by atoms with van der Waals surface area (Å²) in [6, 6.07) is 3.42. The number of ether oxygens (including phenoxy) is 2. The van der Waals surface area contributed by atoms with Gasteiger partial charge in [0.05, 0.1) is 43.8 Å². The fourth-order valence-electron chi connectivity index (χ4n) is 8.04. The van der Waals surface area contributed by atoms with Crippen LogP contribution in [-0.2, 0) is 9.84 Å². The Kier molecular flexibility index (Phi) is 7.41. The first-order valence-corrected chi connectivity index (χ1v) is 18.7. The summed E-state index contributed by atoms with van der Waals surface area (Å²) in [7, 11) is -3.33. The summed E-state index contributed by atoms with van der Waals surface area (Å²) in [5, 5.41) is 10.1. The third-order valence-electron chi connectivity index (χ3n) is 10.2. The molecule has 2 N–H and O–H groups in total. The highest BCUT2D eigenvalue weighted by atomic mass is 35.5. The molecular weight excluding hydrogens is 689 g/mol. The molecule has 3 saturated heterocycles. The summed E-state index contributed by atoms with van der Waals surface area (Å²) in [5.74, 6) is -1.37. The third kappa shape index (κ3) is 4.78. The highest BCUT2D eigenvalue weighted by Crippen LogP contribution is 2.51. The predicted octanol–water partition coefficient (Wildman–Crippen LogP) is 5.63. The van der Waals surface area contributed by atoms with E-state index in [1.54, 1.807) is 0 Å². The molecule has 6 heterocycles. The van der Waals surface area contributed by atoms with Gasteiger partial charge in [-0.3, -0.25) is 4.90 Å². The lowest BCUT2D eigenvalue weighted by Gasteiger charge is -2.34. The maximum absolute atomic E-state index is 17.2. The molecule has 4 atom stereocenters. The molecule has 4 aromatic rings. The molecule has 2 aromatic heterocycles. The molecule has 2 aromatic carbocycles. The zero-order valence-electron chi connectivity index (χ0n) is 25.7. The molecule has 16 heteroatoms. The monoisotopic (exact) mass is 718 g/mol. The summed E-state index contributed by atoms with van der Waals surface area (Å²) in [6.45, 7) is 3.04. The number of fused-ring (bicyclic) bond motifs is 2. The number of hydrogen-bond acceptors (Lipinski definition) is 11. The molecule has 10 nitrogen and oxygen atoms in total. The average Bonchev–Trinajstić information content (AvgIpc) is 3.75. The molecule has 8 rings (SSSR count). The van der Waals surface area contributed by atoms with E-state index in [1.807, 2.05) is 17.9 Å². The van der Waals surface area contributed by atoms with Crippen LogP contribution in [0.15, 0.2) is 12.1 Å². The van der Waals surface area contributed by atoms with E-state index in [0.717, 1.165) is 36.8 Å². The van der Waals surface area contributed by atoms with Gasteiger partial charge in [-0.15, -0.1) is 11.3 Å². The first-order valence-electron chi connectivity index (χ1n) is 15.7. The number of alkyl halides is 1. The molecule has 4 aliphatic heterocycles. The number of anilines is 2. The summed E-state index contributed by atoms with van der Waals surface area (Å²) < 4.78 is 84.5. The van der Waals surface area contributed by atoms with Crippen LogP contribution in [0.2, 0.25) is 5.02 Å². The van der Waals surface area contributed by atoms with Crippen LogP contribution in [0.25, 0.3) is 32.1 Å². The predicted molar refractivity (Wildman–Crippen MR) is 177 cm³/mol. The van der Waals surface area contributed by atoms with Crippen LogP contribution in [0.3, 0.4) is 0 Å². The van der Waals surface area contributed by atoms with Gasteiger partial charge in [-0.05, 0) is 44.4 Å². The molecule has 1 unspecified atom stereocenters. The minimum Gasteiger partial charge on any atom is -0.489 e. The maximum Gasteiger partial charge on any atom is 0.319 e. The molecule has 4 aliphatic rings. The lowest BCUT2D eigenvalue weighted by atomic mass is 9.95. The molecule has 0 saturated carbocycles. The quantitative estimate of drug-likeness (QED) is 0.277. The van der Waals surface area contributed by atoms with Crippen molar-refractivity contribution in [1.82, 2.24) is 14.9 Å². The Bertz CT molecular complexity index is 2180. The Morgan fingerprint density at radius 1 is 1.29 bits per heavy atom. The second-order valence-corrected chi connectivity index (χ2v) is 16.8. The van der Waals surface area contributed by atoms with Crippen molar-refractivity contribution in [3.05, 3.63) is 34.4 Å². The highest BCUT2D eigenvalue weighted by Gasteiger charge is 2.49. The summed E-state index contributed by atoms with van der Waals surface area (Å²) in [5.41, 5.74) is 5.27. The van der Waals surface area contributed by atoms with Crippen LogP contribution >= 0.6 is 22.9 Å². The van der Waals surface area contributed by atoms with Crippen molar-refractivity contribution in [3.8, 4) is 29.0 Å². The Balaban J connectivity index is 1.36.